The minimum absolute atomic E-state index is 0.704. The zero-order valence-electron chi connectivity index (χ0n) is 10.1. The summed E-state index contributed by atoms with van der Waals surface area (Å²) in [7, 11) is 0. The van der Waals surface area contributed by atoms with Crippen LogP contribution < -0.4 is 0 Å². The summed E-state index contributed by atoms with van der Waals surface area (Å²) >= 11 is 2.25. The molecule has 0 aromatic heterocycles. The van der Waals surface area contributed by atoms with Crippen molar-refractivity contribution in [3.05, 3.63) is 69.8 Å². The van der Waals surface area contributed by atoms with Crippen LogP contribution in [0.25, 0.3) is 21.9 Å². The third-order valence-electron chi connectivity index (χ3n) is 3.13. The highest BCUT2D eigenvalue weighted by Crippen LogP contribution is 2.30. The Hall–Kier alpha value is -1.86. The van der Waals surface area contributed by atoms with Gasteiger partial charge in [0.2, 0.25) is 0 Å². The molecule has 0 bridgehead atoms. The van der Waals surface area contributed by atoms with E-state index < -0.39 is 0 Å². The first kappa shape index (κ1) is 12.2. The second-order valence-corrected chi connectivity index (χ2v) is 5.61. The first-order chi connectivity index (χ1) is 9.28. The Labute approximate surface area is 125 Å². The van der Waals surface area contributed by atoms with Crippen LogP contribution in [-0.2, 0) is 0 Å². The third-order valence-corrected chi connectivity index (χ3v) is 3.75. The molecule has 2 heteroatoms. The second-order valence-electron chi connectivity index (χ2n) is 4.37. The lowest BCUT2D eigenvalue weighted by molar-refractivity contribution is 1.47. The van der Waals surface area contributed by atoms with Gasteiger partial charge in [-0.05, 0) is 62.7 Å². The Morgan fingerprint density at radius 1 is 0.895 bits per heavy atom. The summed E-state index contributed by atoms with van der Waals surface area (Å²) in [4.78, 5) is 0. The van der Waals surface area contributed by atoms with Crippen molar-refractivity contribution in [2.24, 2.45) is 0 Å². The van der Waals surface area contributed by atoms with Crippen LogP contribution in [0.2, 0.25) is 0 Å². The van der Waals surface area contributed by atoms with Crippen LogP contribution in [0.5, 0.6) is 0 Å². The van der Waals surface area contributed by atoms with Crippen LogP contribution in [-0.4, -0.2) is 0 Å². The molecule has 19 heavy (non-hydrogen) atoms. The predicted molar refractivity (Wildman–Crippen MR) is 86.8 cm³/mol. The Kier molecular flexibility index (Phi) is 3.22. The minimum Gasteiger partial charge on any atom is -0.192 e. The van der Waals surface area contributed by atoms with Crippen LogP contribution >= 0.6 is 22.6 Å². The van der Waals surface area contributed by atoms with Gasteiger partial charge in [0.25, 0.3) is 0 Å². The highest BCUT2D eigenvalue weighted by atomic mass is 127. The fourth-order valence-electron chi connectivity index (χ4n) is 2.29. The fraction of sp³-hybridized carbons (Fsp3) is 0. The van der Waals surface area contributed by atoms with Crippen LogP contribution in [0.15, 0.2) is 60.7 Å². The maximum absolute atomic E-state index is 9.09. The molecule has 0 saturated carbocycles. The van der Waals surface area contributed by atoms with Crippen molar-refractivity contribution < 1.29 is 0 Å². The molecule has 0 fully saturated rings. The molecule has 0 aliphatic heterocycles. The molecule has 1 nitrogen and oxygen atoms in total. The second kappa shape index (κ2) is 5.02. The van der Waals surface area contributed by atoms with Crippen molar-refractivity contribution in [1.82, 2.24) is 0 Å². The largest absolute Gasteiger partial charge is 0.192 e. The Balaban J connectivity index is 2.31. The molecule has 0 aliphatic carbocycles. The number of benzene rings is 3. The van der Waals surface area contributed by atoms with E-state index in [0.29, 0.717) is 5.56 Å². The van der Waals surface area contributed by atoms with E-state index >= 15 is 0 Å². The summed E-state index contributed by atoms with van der Waals surface area (Å²) in [5.41, 5.74) is 2.98. The van der Waals surface area contributed by atoms with Gasteiger partial charge in [-0.15, -0.1) is 0 Å². The molecule has 0 N–H and O–H groups in total. The summed E-state index contributed by atoms with van der Waals surface area (Å²) in [5.74, 6) is 0. The molecule has 3 aromatic rings. The zero-order valence-corrected chi connectivity index (χ0v) is 12.3. The first-order valence-electron chi connectivity index (χ1n) is 5.97. The summed E-state index contributed by atoms with van der Waals surface area (Å²) in [6.07, 6.45) is 0. The fourth-order valence-corrected chi connectivity index (χ4v) is 2.96. The highest BCUT2D eigenvalue weighted by molar-refractivity contribution is 14.1. The summed E-state index contributed by atoms with van der Waals surface area (Å²) in [5, 5.41) is 11.5. The number of fused-ring (bicyclic) bond motifs is 1. The van der Waals surface area contributed by atoms with Gasteiger partial charge in [-0.2, -0.15) is 5.26 Å². The standard InChI is InChI=1S/C17H10IN/c18-15-9-12(11-19)8-14(10-15)17-7-3-5-13-4-1-2-6-16(13)17/h1-10H. The number of hydrogen-bond acceptors (Lipinski definition) is 1. The highest BCUT2D eigenvalue weighted by Gasteiger charge is 2.05. The van der Waals surface area contributed by atoms with Crippen molar-refractivity contribution in [2.45, 2.75) is 0 Å². The number of nitriles is 1. The first-order valence-corrected chi connectivity index (χ1v) is 7.04. The van der Waals surface area contributed by atoms with E-state index in [9.17, 15) is 0 Å². The molecule has 0 atom stereocenters. The smallest absolute Gasteiger partial charge is 0.0992 e. The van der Waals surface area contributed by atoms with Gasteiger partial charge in [0.05, 0.1) is 11.6 Å². The Morgan fingerprint density at radius 2 is 1.68 bits per heavy atom. The molecule has 0 spiro atoms. The van der Waals surface area contributed by atoms with Gasteiger partial charge < -0.3 is 0 Å². The van der Waals surface area contributed by atoms with E-state index in [2.05, 4.69) is 65.1 Å². The number of nitrogens with zero attached hydrogens (tertiary/aromatic N) is 1. The van der Waals surface area contributed by atoms with Crippen molar-refractivity contribution in [1.29, 1.82) is 5.26 Å². The van der Waals surface area contributed by atoms with Gasteiger partial charge in [-0.25, -0.2) is 0 Å². The van der Waals surface area contributed by atoms with Gasteiger partial charge >= 0.3 is 0 Å². The summed E-state index contributed by atoms with van der Waals surface area (Å²) in [6.45, 7) is 0. The summed E-state index contributed by atoms with van der Waals surface area (Å²) in [6, 6.07) is 22.8. The molecule has 0 unspecified atom stereocenters. The van der Waals surface area contributed by atoms with Crippen molar-refractivity contribution in [3.63, 3.8) is 0 Å². The molecule has 0 radical (unpaired) electrons. The van der Waals surface area contributed by atoms with E-state index in [0.717, 1.165) is 9.13 Å². The van der Waals surface area contributed by atoms with Gasteiger partial charge in [0, 0.05) is 3.57 Å². The molecule has 90 valence electrons. The van der Waals surface area contributed by atoms with Gasteiger partial charge in [0.15, 0.2) is 0 Å². The average Bonchev–Trinajstić information content (AvgIpc) is 2.46. The quantitative estimate of drug-likeness (QED) is 0.565. The lowest BCUT2D eigenvalue weighted by Crippen LogP contribution is -1.85. The normalized spacial score (nSPS) is 10.3. The Morgan fingerprint density at radius 3 is 2.53 bits per heavy atom. The molecular weight excluding hydrogens is 345 g/mol. The third kappa shape index (κ3) is 2.34. The van der Waals surface area contributed by atoms with Gasteiger partial charge in [0.1, 0.15) is 0 Å². The molecular formula is C17H10IN. The van der Waals surface area contributed by atoms with E-state index in [1.807, 2.05) is 24.3 Å². The number of hydrogen-bond donors (Lipinski definition) is 0. The van der Waals surface area contributed by atoms with Crippen LogP contribution in [0.3, 0.4) is 0 Å². The van der Waals surface area contributed by atoms with Crippen LogP contribution in [0.4, 0.5) is 0 Å². The molecule has 0 saturated heterocycles. The van der Waals surface area contributed by atoms with E-state index in [1.54, 1.807) is 0 Å². The SMILES string of the molecule is N#Cc1cc(I)cc(-c2cccc3ccccc23)c1. The van der Waals surface area contributed by atoms with Gasteiger partial charge in [-0.1, -0.05) is 42.5 Å². The molecule has 0 aliphatic rings. The molecule has 3 aromatic carbocycles. The molecule has 0 heterocycles. The van der Waals surface area contributed by atoms with E-state index in [4.69, 9.17) is 5.26 Å². The zero-order chi connectivity index (χ0) is 13.2. The Bertz CT molecular complexity index is 794. The van der Waals surface area contributed by atoms with Crippen LogP contribution in [0.1, 0.15) is 5.56 Å². The van der Waals surface area contributed by atoms with Crippen molar-refractivity contribution in [3.8, 4) is 17.2 Å². The average molecular weight is 355 g/mol. The predicted octanol–water partition coefficient (Wildman–Crippen LogP) is 4.98. The van der Waals surface area contributed by atoms with E-state index in [1.165, 1.54) is 16.3 Å². The van der Waals surface area contributed by atoms with E-state index in [-0.39, 0.29) is 0 Å². The molecule has 3 rings (SSSR count). The lowest BCUT2D eigenvalue weighted by atomic mass is 9.97. The monoisotopic (exact) mass is 355 g/mol. The number of rotatable bonds is 1. The number of halogens is 1. The van der Waals surface area contributed by atoms with Gasteiger partial charge in [-0.3, -0.25) is 0 Å². The minimum atomic E-state index is 0.704. The summed E-state index contributed by atoms with van der Waals surface area (Å²) < 4.78 is 1.08. The lowest BCUT2D eigenvalue weighted by Gasteiger charge is -2.08. The van der Waals surface area contributed by atoms with Crippen molar-refractivity contribution in [2.75, 3.05) is 0 Å². The topological polar surface area (TPSA) is 23.8 Å². The van der Waals surface area contributed by atoms with Crippen LogP contribution in [0, 0.1) is 14.9 Å². The maximum atomic E-state index is 9.09. The van der Waals surface area contributed by atoms with Crippen molar-refractivity contribution >= 4 is 33.4 Å². The molecule has 0 amide bonds. The maximum Gasteiger partial charge on any atom is 0.0992 e.